The third-order valence-corrected chi connectivity index (χ3v) is 3.49. The summed E-state index contributed by atoms with van der Waals surface area (Å²) in [5.74, 6) is -1.30. The Balaban J connectivity index is 2.01. The standard InChI is InChI=1S/C14H13FN2O2/c15-11-6-2-1-4-9(11)8-17-12-7-3-5-10(12)13(16-17)14(18)19/h1-2,4,6H,3,5,7-8H2,(H,18,19). The summed E-state index contributed by atoms with van der Waals surface area (Å²) in [5.41, 5.74) is 2.38. The van der Waals surface area contributed by atoms with Crippen LogP contribution < -0.4 is 0 Å². The number of carboxylic acids is 1. The first kappa shape index (κ1) is 11.9. The van der Waals surface area contributed by atoms with E-state index in [1.807, 2.05) is 0 Å². The smallest absolute Gasteiger partial charge is 0.356 e. The van der Waals surface area contributed by atoms with Gasteiger partial charge in [0, 0.05) is 16.8 Å². The van der Waals surface area contributed by atoms with Crippen molar-refractivity contribution in [1.29, 1.82) is 0 Å². The number of hydrogen-bond acceptors (Lipinski definition) is 2. The monoisotopic (exact) mass is 260 g/mol. The third-order valence-electron chi connectivity index (χ3n) is 3.49. The molecular formula is C14H13FN2O2. The molecule has 1 heterocycles. The molecule has 4 nitrogen and oxygen atoms in total. The van der Waals surface area contributed by atoms with Gasteiger partial charge in [0.25, 0.3) is 0 Å². The van der Waals surface area contributed by atoms with E-state index in [9.17, 15) is 9.18 Å². The number of benzene rings is 1. The first-order valence-electron chi connectivity index (χ1n) is 6.22. The van der Waals surface area contributed by atoms with Crippen molar-refractivity contribution in [3.05, 3.63) is 52.6 Å². The zero-order valence-electron chi connectivity index (χ0n) is 10.3. The van der Waals surface area contributed by atoms with Gasteiger partial charge in [0.15, 0.2) is 5.69 Å². The van der Waals surface area contributed by atoms with Gasteiger partial charge in [0.1, 0.15) is 5.82 Å². The first-order chi connectivity index (χ1) is 9.16. The summed E-state index contributed by atoms with van der Waals surface area (Å²) in [6.45, 7) is 0.280. The molecule has 0 aliphatic heterocycles. The second-order valence-corrected chi connectivity index (χ2v) is 4.68. The van der Waals surface area contributed by atoms with Crippen LogP contribution in [0.3, 0.4) is 0 Å². The molecule has 98 valence electrons. The number of hydrogen-bond donors (Lipinski definition) is 1. The van der Waals surface area contributed by atoms with Crippen LogP contribution >= 0.6 is 0 Å². The highest BCUT2D eigenvalue weighted by molar-refractivity contribution is 5.87. The second kappa shape index (κ2) is 4.50. The summed E-state index contributed by atoms with van der Waals surface area (Å²) < 4.78 is 15.3. The van der Waals surface area contributed by atoms with Crippen molar-refractivity contribution in [2.75, 3.05) is 0 Å². The lowest BCUT2D eigenvalue weighted by molar-refractivity contribution is 0.0688. The Morgan fingerprint density at radius 1 is 1.37 bits per heavy atom. The van der Waals surface area contributed by atoms with Gasteiger partial charge in [-0.1, -0.05) is 18.2 Å². The third kappa shape index (κ3) is 2.01. The molecule has 0 bridgehead atoms. The number of aromatic nitrogens is 2. The summed E-state index contributed by atoms with van der Waals surface area (Å²) in [4.78, 5) is 11.1. The molecule has 1 aliphatic rings. The molecule has 0 saturated carbocycles. The maximum absolute atomic E-state index is 13.6. The normalized spacial score (nSPS) is 13.5. The van der Waals surface area contributed by atoms with Crippen molar-refractivity contribution >= 4 is 5.97 Å². The minimum absolute atomic E-state index is 0.115. The van der Waals surface area contributed by atoms with E-state index < -0.39 is 5.97 Å². The van der Waals surface area contributed by atoms with Gasteiger partial charge >= 0.3 is 5.97 Å². The highest BCUT2D eigenvalue weighted by Gasteiger charge is 2.26. The predicted molar refractivity (Wildman–Crippen MR) is 66.7 cm³/mol. The van der Waals surface area contributed by atoms with Gasteiger partial charge < -0.3 is 5.11 Å². The number of rotatable bonds is 3. The average Bonchev–Trinajstić information content (AvgIpc) is 2.95. The molecule has 0 atom stereocenters. The highest BCUT2D eigenvalue weighted by atomic mass is 19.1. The average molecular weight is 260 g/mol. The van der Waals surface area contributed by atoms with Gasteiger partial charge in [0.2, 0.25) is 0 Å². The Labute approximate surface area is 109 Å². The van der Waals surface area contributed by atoms with E-state index in [0.717, 1.165) is 30.5 Å². The lowest BCUT2D eigenvalue weighted by Gasteiger charge is -2.06. The molecule has 1 N–H and O–H groups in total. The van der Waals surface area contributed by atoms with Crippen LogP contribution in [-0.4, -0.2) is 20.9 Å². The van der Waals surface area contributed by atoms with E-state index in [-0.39, 0.29) is 18.1 Å². The topological polar surface area (TPSA) is 55.1 Å². The molecule has 1 aromatic heterocycles. The van der Waals surface area contributed by atoms with Crippen molar-refractivity contribution in [2.24, 2.45) is 0 Å². The number of carbonyl (C=O) groups is 1. The van der Waals surface area contributed by atoms with Gasteiger partial charge in [-0.15, -0.1) is 0 Å². The Bertz CT molecular complexity index is 649. The molecule has 0 fully saturated rings. The van der Waals surface area contributed by atoms with Gasteiger partial charge in [-0.2, -0.15) is 5.10 Å². The minimum Gasteiger partial charge on any atom is -0.476 e. The van der Waals surface area contributed by atoms with Crippen molar-refractivity contribution in [3.8, 4) is 0 Å². The van der Waals surface area contributed by atoms with Crippen molar-refractivity contribution in [2.45, 2.75) is 25.8 Å². The molecule has 0 radical (unpaired) electrons. The molecule has 1 aliphatic carbocycles. The highest BCUT2D eigenvalue weighted by Crippen LogP contribution is 2.26. The molecule has 0 amide bonds. The number of carboxylic acid groups (broad SMARTS) is 1. The largest absolute Gasteiger partial charge is 0.476 e. The summed E-state index contributed by atoms with van der Waals surface area (Å²) in [5, 5.41) is 13.3. The van der Waals surface area contributed by atoms with Gasteiger partial charge in [-0.05, 0) is 25.3 Å². The Hall–Kier alpha value is -2.17. The summed E-state index contributed by atoms with van der Waals surface area (Å²) >= 11 is 0. The van der Waals surface area contributed by atoms with E-state index in [0.29, 0.717) is 5.56 Å². The SMILES string of the molecule is O=C(O)c1nn(Cc2ccccc2F)c2c1CCC2. The van der Waals surface area contributed by atoms with Crippen LogP contribution in [-0.2, 0) is 19.4 Å². The maximum atomic E-state index is 13.6. The number of aromatic carboxylic acids is 1. The van der Waals surface area contributed by atoms with Crippen molar-refractivity contribution < 1.29 is 14.3 Å². The van der Waals surface area contributed by atoms with Crippen LogP contribution in [0.4, 0.5) is 4.39 Å². The molecule has 0 unspecified atom stereocenters. The second-order valence-electron chi connectivity index (χ2n) is 4.68. The molecule has 2 aromatic rings. The fourth-order valence-electron chi connectivity index (χ4n) is 2.60. The first-order valence-corrected chi connectivity index (χ1v) is 6.22. The minimum atomic E-state index is -1.01. The van der Waals surface area contributed by atoms with E-state index in [1.54, 1.807) is 22.9 Å². The quantitative estimate of drug-likeness (QED) is 0.921. The lowest BCUT2D eigenvalue weighted by Crippen LogP contribution is -2.08. The van der Waals surface area contributed by atoms with Crippen LogP contribution in [0.15, 0.2) is 24.3 Å². The summed E-state index contributed by atoms with van der Waals surface area (Å²) in [6.07, 6.45) is 2.49. The Kier molecular flexibility index (Phi) is 2.81. The van der Waals surface area contributed by atoms with Gasteiger partial charge in [-0.3, -0.25) is 4.68 Å². The molecule has 5 heteroatoms. The van der Waals surface area contributed by atoms with E-state index in [4.69, 9.17) is 5.11 Å². The Morgan fingerprint density at radius 3 is 2.89 bits per heavy atom. The molecule has 19 heavy (non-hydrogen) atoms. The van der Waals surface area contributed by atoms with Crippen LogP contribution in [0.2, 0.25) is 0 Å². The number of nitrogens with zero attached hydrogens (tertiary/aromatic N) is 2. The lowest BCUT2D eigenvalue weighted by atomic mass is 10.2. The Morgan fingerprint density at radius 2 is 2.16 bits per heavy atom. The maximum Gasteiger partial charge on any atom is 0.356 e. The van der Waals surface area contributed by atoms with Crippen LogP contribution in [0.5, 0.6) is 0 Å². The van der Waals surface area contributed by atoms with Crippen molar-refractivity contribution in [1.82, 2.24) is 9.78 Å². The van der Waals surface area contributed by atoms with Crippen LogP contribution in [0.1, 0.15) is 33.7 Å². The molecule has 0 saturated heterocycles. The van der Waals surface area contributed by atoms with Gasteiger partial charge in [-0.25, -0.2) is 9.18 Å². The molecule has 0 spiro atoms. The van der Waals surface area contributed by atoms with Gasteiger partial charge in [0.05, 0.1) is 6.54 Å². The predicted octanol–water partition coefficient (Wildman–Crippen LogP) is 2.26. The summed E-state index contributed by atoms with van der Waals surface area (Å²) in [7, 11) is 0. The zero-order chi connectivity index (χ0) is 13.4. The molecule has 1 aromatic carbocycles. The van der Waals surface area contributed by atoms with E-state index in [1.165, 1.54) is 6.07 Å². The summed E-state index contributed by atoms with van der Waals surface area (Å²) in [6, 6.07) is 6.49. The zero-order valence-corrected chi connectivity index (χ0v) is 10.3. The number of halogens is 1. The fourth-order valence-corrected chi connectivity index (χ4v) is 2.60. The van der Waals surface area contributed by atoms with Crippen LogP contribution in [0.25, 0.3) is 0 Å². The molecule has 3 rings (SSSR count). The van der Waals surface area contributed by atoms with E-state index in [2.05, 4.69) is 5.10 Å². The van der Waals surface area contributed by atoms with Crippen LogP contribution in [0, 0.1) is 5.82 Å². The fraction of sp³-hybridized carbons (Fsp3) is 0.286. The van der Waals surface area contributed by atoms with Crippen molar-refractivity contribution in [3.63, 3.8) is 0 Å². The van der Waals surface area contributed by atoms with E-state index >= 15 is 0 Å². The molecular weight excluding hydrogens is 247 g/mol. The number of fused-ring (bicyclic) bond motifs is 1.